The molecule has 2 amide bonds. The number of hydrogen-bond acceptors (Lipinski definition) is 3. The molecule has 2 aromatic rings. The number of pyridine rings is 1. The number of alkyl halides is 3. The second-order valence-electron chi connectivity index (χ2n) is 6.37. The maximum Gasteiger partial charge on any atom is 0.417 e. The van der Waals surface area contributed by atoms with Crippen LogP contribution < -0.4 is 10.2 Å². The summed E-state index contributed by atoms with van der Waals surface area (Å²) in [4.78, 5) is 20.0. The summed E-state index contributed by atoms with van der Waals surface area (Å²) in [5, 5.41) is 2.90. The Morgan fingerprint density at radius 2 is 1.81 bits per heavy atom. The number of halogens is 3. The Morgan fingerprint density at radius 1 is 1.04 bits per heavy atom. The Kier molecular flexibility index (Phi) is 5.83. The van der Waals surface area contributed by atoms with E-state index in [1.807, 2.05) is 35.2 Å². The maximum atomic E-state index is 12.7. The molecule has 5 nitrogen and oxygen atoms in total. The van der Waals surface area contributed by atoms with Crippen LogP contribution in [0.4, 0.5) is 23.8 Å². The Bertz CT molecular complexity index is 750. The lowest BCUT2D eigenvalue weighted by atomic mass is 10.2. The SMILES string of the molecule is O=C(NCc1ccccc1)N1CCCN(c2ccc(C(F)(F)F)cn2)CC1. The topological polar surface area (TPSA) is 48.5 Å². The Morgan fingerprint density at radius 3 is 2.48 bits per heavy atom. The summed E-state index contributed by atoms with van der Waals surface area (Å²) in [7, 11) is 0. The second-order valence-corrected chi connectivity index (χ2v) is 6.37. The minimum absolute atomic E-state index is 0.138. The highest BCUT2D eigenvalue weighted by atomic mass is 19.4. The van der Waals surface area contributed by atoms with Crippen molar-refractivity contribution in [3.05, 3.63) is 59.8 Å². The van der Waals surface area contributed by atoms with Gasteiger partial charge in [-0.2, -0.15) is 13.2 Å². The van der Waals surface area contributed by atoms with Crippen LogP contribution in [-0.4, -0.2) is 42.1 Å². The second kappa shape index (κ2) is 8.28. The number of rotatable bonds is 3. The predicted octanol–water partition coefficient (Wildman–Crippen LogP) is 3.52. The molecule has 0 radical (unpaired) electrons. The lowest BCUT2D eigenvalue weighted by molar-refractivity contribution is -0.137. The summed E-state index contributed by atoms with van der Waals surface area (Å²) in [6, 6.07) is 11.9. The summed E-state index contributed by atoms with van der Waals surface area (Å²) in [5.74, 6) is 0.495. The van der Waals surface area contributed by atoms with Crippen LogP contribution in [0.5, 0.6) is 0 Å². The fraction of sp³-hybridized carbons (Fsp3) is 0.368. The van der Waals surface area contributed by atoms with E-state index in [2.05, 4.69) is 10.3 Å². The van der Waals surface area contributed by atoms with Crippen LogP contribution >= 0.6 is 0 Å². The highest BCUT2D eigenvalue weighted by Gasteiger charge is 2.31. The van der Waals surface area contributed by atoms with E-state index in [4.69, 9.17) is 0 Å². The smallest absolute Gasteiger partial charge is 0.355 e. The number of carbonyl (C=O) groups excluding carboxylic acids is 1. The third-order valence-electron chi connectivity index (χ3n) is 4.47. The molecule has 1 saturated heterocycles. The number of urea groups is 1. The molecular weight excluding hydrogens is 357 g/mol. The van der Waals surface area contributed by atoms with Gasteiger partial charge >= 0.3 is 12.2 Å². The number of benzene rings is 1. The van der Waals surface area contributed by atoms with Gasteiger partial charge in [-0.3, -0.25) is 0 Å². The van der Waals surface area contributed by atoms with Crippen molar-refractivity contribution < 1.29 is 18.0 Å². The van der Waals surface area contributed by atoms with Crippen LogP contribution in [-0.2, 0) is 12.7 Å². The van der Waals surface area contributed by atoms with Gasteiger partial charge in [0.15, 0.2) is 0 Å². The van der Waals surface area contributed by atoms with Crippen molar-refractivity contribution >= 4 is 11.8 Å². The minimum atomic E-state index is -4.39. The average molecular weight is 378 g/mol. The molecular formula is C19H21F3N4O. The van der Waals surface area contributed by atoms with Crippen LogP contribution in [0.25, 0.3) is 0 Å². The summed E-state index contributed by atoms with van der Waals surface area (Å²) in [6.45, 7) is 2.71. The van der Waals surface area contributed by atoms with E-state index < -0.39 is 11.7 Å². The number of nitrogens with one attached hydrogen (secondary N) is 1. The van der Waals surface area contributed by atoms with Crippen molar-refractivity contribution in [2.24, 2.45) is 0 Å². The molecule has 0 bridgehead atoms. The van der Waals surface area contributed by atoms with Crippen LogP contribution in [0.3, 0.4) is 0 Å². The van der Waals surface area contributed by atoms with Crippen LogP contribution in [0.1, 0.15) is 17.5 Å². The monoisotopic (exact) mass is 378 g/mol. The lowest BCUT2D eigenvalue weighted by Crippen LogP contribution is -2.41. The summed E-state index contributed by atoms with van der Waals surface area (Å²) < 4.78 is 38.0. The first kappa shape index (κ1) is 19.0. The third-order valence-corrected chi connectivity index (χ3v) is 4.47. The number of amides is 2. The first-order valence-electron chi connectivity index (χ1n) is 8.78. The molecule has 8 heteroatoms. The van der Waals surface area contributed by atoms with Gasteiger partial charge in [0.05, 0.1) is 5.56 Å². The zero-order valence-electron chi connectivity index (χ0n) is 14.7. The number of aromatic nitrogens is 1. The first-order chi connectivity index (χ1) is 12.9. The van der Waals surface area contributed by atoms with Gasteiger partial charge in [0.2, 0.25) is 0 Å². The fourth-order valence-corrected chi connectivity index (χ4v) is 2.98. The van der Waals surface area contributed by atoms with Crippen molar-refractivity contribution in [3.8, 4) is 0 Å². The standard InChI is InChI=1S/C19H21F3N4O/c20-19(21,22)16-7-8-17(23-14-16)25-9-4-10-26(12-11-25)18(27)24-13-15-5-2-1-3-6-15/h1-3,5-8,14H,4,9-13H2,(H,24,27). The molecule has 2 heterocycles. The Labute approximate surface area is 155 Å². The molecule has 0 unspecified atom stereocenters. The molecule has 0 atom stereocenters. The van der Waals surface area contributed by atoms with Crippen LogP contribution in [0.15, 0.2) is 48.7 Å². The van der Waals surface area contributed by atoms with Gasteiger partial charge in [0, 0.05) is 38.9 Å². The normalized spacial score (nSPS) is 15.4. The van der Waals surface area contributed by atoms with Crippen LogP contribution in [0, 0.1) is 0 Å². The van der Waals surface area contributed by atoms with Gasteiger partial charge in [0.25, 0.3) is 0 Å². The van der Waals surface area contributed by atoms with Gasteiger partial charge in [-0.25, -0.2) is 9.78 Å². The zero-order chi connectivity index (χ0) is 19.3. The van der Waals surface area contributed by atoms with E-state index in [1.54, 1.807) is 4.90 Å². The van der Waals surface area contributed by atoms with Crippen LogP contribution in [0.2, 0.25) is 0 Å². The number of nitrogens with zero attached hydrogens (tertiary/aromatic N) is 3. The van der Waals surface area contributed by atoms with E-state index in [0.717, 1.165) is 24.2 Å². The molecule has 1 aliphatic rings. The fourth-order valence-electron chi connectivity index (χ4n) is 2.98. The summed E-state index contributed by atoms with van der Waals surface area (Å²) >= 11 is 0. The van der Waals surface area contributed by atoms with Gasteiger partial charge in [-0.05, 0) is 24.1 Å². The zero-order valence-corrected chi connectivity index (χ0v) is 14.7. The largest absolute Gasteiger partial charge is 0.417 e. The van der Waals surface area contributed by atoms with Gasteiger partial charge in [-0.1, -0.05) is 30.3 Å². The van der Waals surface area contributed by atoms with Crippen molar-refractivity contribution in [3.63, 3.8) is 0 Å². The highest BCUT2D eigenvalue weighted by molar-refractivity contribution is 5.74. The molecule has 1 N–H and O–H groups in total. The molecule has 1 aliphatic heterocycles. The van der Waals surface area contributed by atoms with E-state index in [1.165, 1.54) is 6.07 Å². The third kappa shape index (κ3) is 5.12. The molecule has 27 heavy (non-hydrogen) atoms. The highest BCUT2D eigenvalue weighted by Crippen LogP contribution is 2.29. The van der Waals surface area contributed by atoms with Gasteiger partial charge in [-0.15, -0.1) is 0 Å². The van der Waals surface area contributed by atoms with E-state index in [0.29, 0.717) is 38.5 Å². The number of carbonyl (C=O) groups is 1. The Hall–Kier alpha value is -2.77. The van der Waals surface area contributed by atoms with Gasteiger partial charge < -0.3 is 15.1 Å². The number of hydrogen-bond donors (Lipinski definition) is 1. The van der Waals surface area contributed by atoms with Crippen molar-refractivity contribution in [2.75, 3.05) is 31.1 Å². The van der Waals surface area contributed by atoms with Crippen molar-refractivity contribution in [1.29, 1.82) is 0 Å². The minimum Gasteiger partial charge on any atom is -0.355 e. The molecule has 3 rings (SSSR count). The maximum absolute atomic E-state index is 12.7. The quantitative estimate of drug-likeness (QED) is 0.889. The molecule has 0 aliphatic carbocycles. The predicted molar refractivity (Wildman–Crippen MR) is 96.3 cm³/mol. The Balaban J connectivity index is 1.54. The van der Waals surface area contributed by atoms with Crippen molar-refractivity contribution in [2.45, 2.75) is 19.1 Å². The van der Waals surface area contributed by atoms with Gasteiger partial charge in [0.1, 0.15) is 5.82 Å². The molecule has 1 fully saturated rings. The van der Waals surface area contributed by atoms with E-state index >= 15 is 0 Å². The van der Waals surface area contributed by atoms with Crippen molar-refractivity contribution in [1.82, 2.24) is 15.2 Å². The number of anilines is 1. The average Bonchev–Trinajstić information content (AvgIpc) is 2.93. The summed E-state index contributed by atoms with van der Waals surface area (Å²) in [6.07, 6.45) is -2.82. The first-order valence-corrected chi connectivity index (χ1v) is 8.78. The molecule has 144 valence electrons. The van der Waals surface area contributed by atoms with E-state index in [9.17, 15) is 18.0 Å². The van der Waals surface area contributed by atoms with E-state index in [-0.39, 0.29) is 6.03 Å². The summed E-state index contributed by atoms with van der Waals surface area (Å²) in [5.41, 5.74) is 0.263. The molecule has 0 saturated carbocycles. The molecule has 1 aromatic heterocycles. The molecule has 0 spiro atoms. The molecule has 1 aromatic carbocycles. The lowest BCUT2D eigenvalue weighted by Gasteiger charge is -2.23.